The first kappa shape index (κ1) is 31.7. The molecule has 0 saturated heterocycles. The summed E-state index contributed by atoms with van der Waals surface area (Å²) in [4.78, 5) is 31.6. The van der Waals surface area contributed by atoms with Gasteiger partial charge in [0, 0.05) is 31.3 Å². The number of hydrogen-bond donors (Lipinski definition) is 2. The Balaban J connectivity index is 0.00000462. The number of nitrogens with two attached hydrogens (primary N) is 1. The molecule has 3 aromatic rings. The zero-order valence-corrected chi connectivity index (χ0v) is 23.1. The van der Waals surface area contributed by atoms with Gasteiger partial charge in [-0.05, 0) is 49.9 Å². The lowest BCUT2D eigenvalue weighted by Crippen LogP contribution is -2.40. The van der Waals surface area contributed by atoms with Gasteiger partial charge in [-0.25, -0.2) is 13.8 Å². The number of carbonyl (C=O) groups excluding carboxylic acids is 2. The number of amides is 2. The zero-order chi connectivity index (χ0) is 29.1. The van der Waals surface area contributed by atoms with Crippen molar-refractivity contribution < 1.29 is 41.0 Å². The number of hydrogen-bond acceptors (Lipinski definition) is 7. The summed E-state index contributed by atoms with van der Waals surface area (Å²) >= 11 is 0. The van der Waals surface area contributed by atoms with Crippen molar-refractivity contribution in [3.8, 4) is 23.0 Å². The minimum atomic E-state index is -3.07. The van der Waals surface area contributed by atoms with Crippen LogP contribution < -0.4 is 20.5 Å². The number of halogens is 5. The molecular formula is C27H29ClF4N4O5. The molecule has 14 heteroatoms. The highest BCUT2D eigenvalue weighted by Gasteiger charge is 2.31. The fraction of sp³-hybridized carbons (Fsp3) is 0.370. The Morgan fingerprint density at radius 2 is 1.85 bits per heavy atom. The van der Waals surface area contributed by atoms with Crippen molar-refractivity contribution in [2.45, 2.75) is 38.5 Å². The number of rotatable bonds is 11. The molecule has 1 fully saturated rings. The van der Waals surface area contributed by atoms with Crippen molar-refractivity contribution in [3.05, 3.63) is 65.1 Å². The Labute approximate surface area is 239 Å². The number of ether oxygens (including phenoxy) is 2. The molecule has 2 aromatic carbocycles. The second-order valence-corrected chi connectivity index (χ2v) is 9.62. The Hall–Kier alpha value is -3.84. The third-order valence-corrected chi connectivity index (χ3v) is 6.10. The molecule has 3 N–H and O–H groups in total. The number of aromatic nitrogens is 1. The minimum absolute atomic E-state index is 0. The van der Waals surface area contributed by atoms with E-state index in [9.17, 15) is 27.2 Å². The quantitative estimate of drug-likeness (QED) is 0.297. The van der Waals surface area contributed by atoms with E-state index in [2.05, 4.69) is 15.0 Å². The SMILES string of the molecule is C[C@H](N)c1oc(-c2ccc(OC(F)F)c(OCC3CC3)c2)nc1C(=O)NC(C(=O)N(C)C)c1ccc(F)cc1F.Cl. The molecule has 1 aliphatic rings. The van der Waals surface area contributed by atoms with E-state index in [0.717, 1.165) is 29.9 Å². The first-order chi connectivity index (χ1) is 18.9. The largest absolute Gasteiger partial charge is 0.489 e. The average molecular weight is 601 g/mol. The van der Waals surface area contributed by atoms with E-state index in [4.69, 9.17) is 14.9 Å². The van der Waals surface area contributed by atoms with Gasteiger partial charge in [0.1, 0.15) is 17.7 Å². The predicted octanol–water partition coefficient (Wildman–Crippen LogP) is 5.01. The Bertz CT molecular complexity index is 1400. The van der Waals surface area contributed by atoms with Gasteiger partial charge in [-0.15, -0.1) is 12.4 Å². The monoisotopic (exact) mass is 600 g/mol. The summed E-state index contributed by atoms with van der Waals surface area (Å²) in [6, 6.07) is 4.33. The van der Waals surface area contributed by atoms with Crippen molar-refractivity contribution >= 4 is 24.2 Å². The van der Waals surface area contributed by atoms with Crippen molar-refractivity contribution in [1.82, 2.24) is 15.2 Å². The van der Waals surface area contributed by atoms with Gasteiger partial charge in [-0.1, -0.05) is 6.07 Å². The molecule has 9 nitrogen and oxygen atoms in total. The van der Waals surface area contributed by atoms with Crippen LogP contribution in [0.2, 0.25) is 0 Å². The van der Waals surface area contributed by atoms with Gasteiger partial charge >= 0.3 is 6.61 Å². The standard InChI is InChI=1S/C27H28F4N4O5.ClH/c1-13(32)23-22(24(36)33-21(26(37)35(2)3)17-8-7-16(28)11-18(17)29)34-25(40-23)15-6-9-19(39-27(30)31)20(10-15)38-12-14-4-5-14;/h6-11,13-14,21,27H,4-5,12,32H2,1-3H3,(H,33,36);1H/t13-,21?;/m0./s1. The summed E-state index contributed by atoms with van der Waals surface area (Å²) in [7, 11) is 2.82. The summed E-state index contributed by atoms with van der Waals surface area (Å²) in [6.07, 6.45) is 1.94. The molecule has 1 aromatic heterocycles. The Morgan fingerprint density at radius 3 is 2.44 bits per heavy atom. The van der Waals surface area contributed by atoms with Gasteiger partial charge in [-0.3, -0.25) is 9.59 Å². The van der Waals surface area contributed by atoms with Gasteiger partial charge < -0.3 is 29.8 Å². The summed E-state index contributed by atoms with van der Waals surface area (Å²) in [5, 5.41) is 2.43. The molecule has 0 aliphatic heterocycles. The van der Waals surface area contributed by atoms with Crippen molar-refractivity contribution in [3.63, 3.8) is 0 Å². The van der Waals surface area contributed by atoms with Crippen LogP contribution in [-0.2, 0) is 4.79 Å². The van der Waals surface area contributed by atoms with Gasteiger partial charge in [-0.2, -0.15) is 8.78 Å². The maximum Gasteiger partial charge on any atom is 0.387 e. The number of alkyl halides is 2. The van der Waals surface area contributed by atoms with E-state index < -0.39 is 42.1 Å². The molecular weight excluding hydrogens is 572 g/mol. The summed E-state index contributed by atoms with van der Waals surface area (Å²) in [5.74, 6) is -3.41. The lowest BCUT2D eigenvalue weighted by molar-refractivity contribution is -0.130. The van der Waals surface area contributed by atoms with Gasteiger partial charge in [0.05, 0.1) is 12.6 Å². The smallest absolute Gasteiger partial charge is 0.387 e. The molecule has 0 radical (unpaired) electrons. The topological polar surface area (TPSA) is 120 Å². The normalized spacial score (nSPS) is 14.2. The minimum Gasteiger partial charge on any atom is -0.489 e. The third kappa shape index (κ3) is 7.67. The van der Waals surface area contributed by atoms with E-state index in [1.54, 1.807) is 0 Å². The number of oxazole rings is 1. The molecule has 4 rings (SSSR count). The second kappa shape index (κ2) is 13.2. The van der Waals surface area contributed by atoms with Gasteiger partial charge in [0.15, 0.2) is 23.0 Å². The first-order valence-electron chi connectivity index (χ1n) is 12.4. The first-order valence-corrected chi connectivity index (χ1v) is 12.4. The highest BCUT2D eigenvalue weighted by molar-refractivity contribution is 5.97. The third-order valence-electron chi connectivity index (χ3n) is 6.10. The lowest BCUT2D eigenvalue weighted by Gasteiger charge is -2.22. The predicted molar refractivity (Wildman–Crippen MR) is 142 cm³/mol. The zero-order valence-electron chi connectivity index (χ0n) is 22.3. The van der Waals surface area contributed by atoms with E-state index in [1.807, 2.05) is 0 Å². The van der Waals surface area contributed by atoms with Crippen molar-refractivity contribution in [2.75, 3.05) is 20.7 Å². The van der Waals surface area contributed by atoms with Crippen LogP contribution >= 0.6 is 12.4 Å². The molecule has 1 saturated carbocycles. The van der Waals surface area contributed by atoms with E-state index in [0.29, 0.717) is 18.6 Å². The maximum absolute atomic E-state index is 14.6. The second-order valence-electron chi connectivity index (χ2n) is 9.62. The molecule has 2 atom stereocenters. The van der Waals surface area contributed by atoms with Crippen molar-refractivity contribution in [1.29, 1.82) is 0 Å². The fourth-order valence-electron chi connectivity index (χ4n) is 3.83. The number of likely N-dealkylation sites (N-methyl/N-ethyl adjacent to an activating group) is 1. The Kier molecular flexibility index (Phi) is 10.2. The lowest BCUT2D eigenvalue weighted by atomic mass is 10.0. The van der Waals surface area contributed by atoms with Crippen LogP contribution in [0.4, 0.5) is 17.6 Å². The van der Waals surface area contributed by atoms with Crippen LogP contribution in [0, 0.1) is 17.6 Å². The van der Waals surface area contributed by atoms with E-state index in [1.165, 1.54) is 39.2 Å². The highest BCUT2D eigenvalue weighted by atomic mass is 35.5. The van der Waals surface area contributed by atoms with Crippen LogP contribution in [0.5, 0.6) is 11.5 Å². The van der Waals surface area contributed by atoms with Crippen molar-refractivity contribution in [2.24, 2.45) is 11.7 Å². The summed E-state index contributed by atoms with van der Waals surface area (Å²) < 4.78 is 69.9. The van der Waals surface area contributed by atoms with E-state index in [-0.39, 0.29) is 52.4 Å². The molecule has 0 bridgehead atoms. The van der Waals surface area contributed by atoms with Crippen LogP contribution in [0.1, 0.15) is 53.7 Å². The number of nitrogens with one attached hydrogen (secondary N) is 1. The molecule has 41 heavy (non-hydrogen) atoms. The molecule has 1 aliphatic carbocycles. The van der Waals surface area contributed by atoms with Crippen LogP contribution in [-0.4, -0.2) is 49.0 Å². The summed E-state index contributed by atoms with van der Waals surface area (Å²) in [5.41, 5.74) is 5.75. The van der Waals surface area contributed by atoms with Gasteiger partial charge in [0.25, 0.3) is 5.91 Å². The van der Waals surface area contributed by atoms with Crippen LogP contribution in [0.3, 0.4) is 0 Å². The molecule has 1 heterocycles. The number of benzene rings is 2. The van der Waals surface area contributed by atoms with Crippen LogP contribution in [0.15, 0.2) is 40.8 Å². The van der Waals surface area contributed by atoms with Crippen LogP contribution in [0.25, 0.3) is 11.5 Å². The maximum atomic E-state index is 14.6. The Morgan fingerprint density at radius 1 is 1.15 bits per heavy atom. The molecule has 2 amide bonds. The summed E-state index contributed by atoms with van der Waals surface area (Å²) in [6.45, 7) is -1.22. The van der Waals surface area contributed by atoms with Gasteiger partial charge in [0.2, 0.25) is 11.8 Å². The average Bonchev–Trinajstić information content (AvgIpc) is 3.60. The number of carbonyl (C=O) groups is 2. The number of nitrogens with zero attached hydrogens (tertiary/aromatic N) is 2. The molecule has 1 unspecified atom stereocenters. The molecule has 0 spiro atoms. The fourth-order valence-corrected chi connectivity index (χ4v) is 3.83. The molecule has 222 valence electrons. The highest BCUT2D eigenvalue weighted by Crippen LogP contribution is 2.37. The van der Waals surface area contributed by atoms with E-state index >= 15 is 0 Å².